The van der Waals surface area contributed by atoms with Crippen LogP contribution in [-0.2, 0) is 9.53 Å². The first-order valence-electron chi connectivity index (χ1n) is 12.7. The van der Waals surface area contributed by atoms with Crippen molar-refractivity contribution < 1.29 is 29.3 Å². The van der Waals surface area contributed by atoms with Crippen molar-refractivity contribution in [1.82, 2.24) is 19.5 Å². The Balaban J connectivity index is 1.67. The second kappa shape index (κ2) is 10.3. The van der Waals surface area contributed by atoms with E-state index in [1.165, 1.54) is 27.3 Å². The van der Waals surface area contributed by atoms with Gasteiger partial charge in [-0.2, -0.15) is 5.10 Å². The molecule has 1 aliphatic rings. The minimum atomic E-state index is -1.55. The molecule has 0 aliphatic carbocycles. The summed E-state index contributed by atoms with van der Waals surface area (Å²) in [6.07, 6.45) is -0.103. The van der Waals surface area contributed by atoms with Crippen molar-refractivity contribution in [2.45, 2.75) is 64.3 Å². The van der Waals surface area contributed by atoms with Crippen molar-refractivity contribution in [1.29, 1.82) is 0 Å². The number of hydrogen-bond donors (Lipinski definition) is 4. The summed E-state index contributed by atoms with van der Waals surface area (Å²) < 4.78 is 12.6. The van der Waals surface area contributed by atoms with Crippen LogP contribution in [0.3, 0.4) is 0 Å². The van der Waals surface area contributed by atoms with Gasteiger partial charge in [0.2, 0.25) is 0 Å². The molecule has 12 heteroatoms. The third-order valence-corrected chi connectivity index (χ3v) is 6.58. The molecule has 3 aromatic rings. The third-order valence-electron chi connectivity index (χ3n) is 6.58. The molecule has 2 unspecified atom stereocenters. The van der Waals surface area contributed by atoms with Gasteiger partial charge in [-0.1, -0.05) is 6.07 Å². The molecule has 0 bridgehead atoms. The summed E-state index contributed by atoms with van der Waals surface area (Å²) in [5.74, 6) is 0.101. The zero-order valence-electron chi connectivity index (χ0n) is 23.1. The fourth-order valence-corrected chi connectivity index (χ4v) is 4.66. The lowest BCUT2D eigenvalue weighted by atomic mass is 10.0. The number of benzene rings is 1. The number of carbonyl (C=O) groups excluding carboxylic acids is 2. The molecule has 39 heavy (non-hydrogen) atoms. The maximum atomic E-state index is 12.8. The van der Waals surface area contributed by atoms with Gasteiger partial charge in [-0.05, 0) is 64.8 Å². The van der Waals surface area contributed by atoms with Gasteiger partial charge in [-0.3, -0.25) is 10.1 Å². The summed E-state index contributed by atoms with van der Waals surface area (Å²) in [6, 6.07) is 7.28. The SMILES string of the molecule is COc1cc(-c2cc(C3CCN(C(=O)C(O)C(C)(C)O)C3)n3ncnc(N)c23)ccc1NC(=O)OC(C)(C)C. The molecule has 4 rings (SSSR count). The molecule has 210 valence electrons. The summed E-state index contributed by atoms with van der Waals surface area (Å²) >= 11 is 0. The number of nitrogens with zero attached hydrogens (tertiary/aromatic N) is 4. The maximum Gasteiger partial charge on any atom is 0.412 e. The standard InChI is InChI=1S/C27H36N6O6/c1-26(2,3)39-25(36)31-18-8-7-15(11-20(18)38-6)17-12-19(33-21(17)23(28)29-14-30-33)16-9-10-32(13-16)24(35)22(34)27(4,5)37/h7-8,11-12,14,16,22,34,37H,9-10,13H2,1-6H3,(H,31,36)(H2,28,29,30). The highest BCUT2D eigenvalue weighted by molar-refractivity contribution is 5.92. The number of hydrogen-bond acceptors (Lipinski definition) is 9. The Kier molecular flexibility index (Phi) is 7.46. The van der Waals surface area contributed by atoms with Gasteiger partial charge in [0.05, 0.1) is 18.4 Å². The van der Waals surface area contributed by atoms with Crippen LogP contribution in [0.5, 0.6) is 5.75 Å². The number of likely N-dealkylation sites (tertiary alicyclic amines) is 1. The number of aliphatic hydroxyl groups excluding tert-OH is 1. The molecule has 0 radical (unpaired) electrons. The molecule has 1 aliphatic heterocycles. The van der Waals surface area contributed by atoms with Crippen molar-refractivity contribution in [3.8, 4) is 16.9 Å². The van der Waals surface area contributed by atoms with Crippen LogP contribution in [-0.4, -0.2) is 79.2 Å². The topological polar surface area (TPSA) is 165 Å². The highest BCUT2D eigenvalue weighted by Crippen LogP contribution is 2.39. The summed E-state index contributed by atoms with van der Waals surface area (Å²) in [5.41, 5.74) is 7.49. The molecule has 2 atom stereocenters. The van der Waals surface area contributed by atoms with E-state index in [0.717, 1.165) is 16.8 Å². The Morgan fingerprint density at radius 2 is 1.92 bits per heavy atom. The largest absolute Gasteiger partial charge is 0.495 e. The number of carbonyl (C=O) groups is 2. The molecule has 0 saturated carbocycles. The van der Waals surface area contributed by atoms with Crippen LogP contribution in [0.1, 0.15) is 52.7 Å². The number of aliphatic hydroxyl groups is 2. The number of amides is 2. The number of nitrogen functional groups attached to an aromatic ring is 1. The minimum Gasteiger partial charge on any atom is -0.495 e. The molecule has 2 amide bonds. The quantitative estimate of drug-likeness (QED) is 0.368. The first-order valence-corrected chi connectivity index (χ1v) is 12.7. The fourth-order valence-electron chi connectivity index (χ4n) is 4.66. The van der Waals surface area contributed by atoms with Crippen LogP contribution in [0.4, 0.5) is 16.3 Å². The van der Waals surface area contributed by atoms with Crippen molar-refractivity contribution in [3.63, 3.8) is 0 Å². The zero-order chi connectivity index (χ0) is 28.7. The van der Waals surface area contributed by atoms with E-state index in [1.54, 1.807) is 42.3 Å². The highest BCUT2D eigenvalue weighted by Gasteiger charge is 2.38. The van der Waals surface area contributed by atoms with E-state index in [1.807, 2.05) is 12.1 Å². The van der Waals surface area contributed by atoms with E-state index in [4.69, 9.17) is 15.2 Å². The molecule has 1 fully saturated rings. The molecular weight excluding hydrogens is 504 g/mol. The molecule has 3 heterocycles. The van der Waals surface area contributed by atoms with Crippen LogP contribution >= 0.6 is 0 Å². The van der Waals surface area contributed by atoms with E-state index >= 15 is 0 Å². The number of nitrogens with one attached hydrogen (secondary N) is 1. The normalized spacial score (nSPS) is 16.8. The molecule has 12 nitrogen and oxygen atoms in total. The Hall–Kier alpha value is -3.90. The van der Waals surface area contributed by atoms with Gasteiger partial charge in [0.15, 0.2) is 11.9 Å². The monoisotopic (exact) mass is 540 g/mol. The minimum absolute atomic E-state index is 0.0893. The summed E-state index contributed by atoms with van der Waals surface area (Å²) in [5, 5.41) is 27.5. The number of nitrogens with two attached hydrogens (primary N) is 1. The van der Waals surface area contributed by atoms with Crippen LogP contribution in [0.25, 0.3) is 16.6 Å². The summed E-state index contributed by atoms with van der Waals surface area (Å²) in [6.45, 7) is 8.93. The van der Waals surface area contributed by atoms with E-state index in [2.05, 4.69) is 15.4 Å². The van der Waals surface area contributed by atoms with Crippen LogP contribution < -0.4 is 15.8 Å². The smallest absolute Gasteiger partial charge is 0.412 e. The predicted octanol–water partition coefficient (Wildman–Crippen LogP) is 2.78. The van der Waals surface area contributed by atoms with Gasteiger partial charge in [0, 0.05) is 30.3 Å². The summed E-state index contributed by atoms with van der Waals surface area (Å²) in [4.78, 5) is 30.8. The lowest BCUT2D eigenvalue weighted by Gasteiger charge is -2.27. The Morgan fingerprint density at radius 1 is 1.21 bits per heavy atom. The Labute approximate surface area is 226 Å². The van der Waals surface area contributed by atoms with Gasteiger partial charge in [0.25, 0.3) is 5.91 Å². The molecule has 5 N–H and O–H groups in total. The van der Waals surface area contributed by atoms with Crippen LogP contribution in [0, 0.1) is 0 Å². The number of aromatic nitrogens is 3. The number of fused-ring (bicyclic) bond motifs is 1. The molecule has 1 saturated heterocycles. The molecule has 2 aromatic heterocycles. The van der Waals surface area contributed by atoms with Crippen molar-refractivity contribution in [2.24, 2.45) is 0 Å². The second-order valence-electron chi connectivity index (χ2n) is 11.3. The van der Waals surface area contributed by atoms with Gasteiger partial charge in [-0.15, -0.1) is 0 Å². The van der Waals surface area contributed by atoms with Gasteiger partial charge < -0.3 is 30.3 Å². The summed E-state index contributed by atoms with van der Waals surface area (Å²) in [7, 11) is 1.51. The van der Waals surface area contributed by atoms with Gasteiger partial charge in [0.1, 0.15) is 23.2 Å². The lowest BCUT2D eigenvalue weighted by molar-refractivity contribution is -0.151. The number of methoxy groups -OCH3 is 1. The van der Waals surface area contributed by atoms with Gasteiger partial charge in [-0.25, -0.2) is 14.3 Å². The number of rotatable bonds is 6. The molecule has 1 aromatic carbocycles. The van der Waals surface area contributed by atoms with Crippen LogP contribution in [0.2, 0.25) is 0 Å². The first-order chi connectivity index (χ1) is 18.2. The number of ether oxygens (including phenoxy) is 2. The predicted molar refractivity (Wildman–Crippen MR) is 145 cm³/mol. The average molecular weight is 541 g/mol. The van der Waals surface area contributed by atoms with Crippen molar-refractivity contribution in [2.75, 3.05) is 31.2 Å². The fraction of sp³-hybridized carbons (Fsp3) is 0.481. The average Bonchev–Trinajstić information content (AvgIpc) is 3.47. The second-order valence-corrected chi connectivity index (χ2v) is 11.3. The number of anilines is 2. The van der Waals surface area contributed by atoms with E-state index in [0.29, 0.717) is 36.5 Å². The zero-order valence-corrected chi connectivity index (χ0v) is 23.1. The Morgan fingerprint density at radius 3 is 2.56 bits per heavy atom. The maximum absolute atomic E-state index is 12.8. The van der Waals surface area contributed by atoms with Crippen LogP contribution in [0.15, 0.2) is 30.6 Å². The highest BCUT2D eigenvalue weighted by atomic mass is 16.6. The third kappa shape index (κ3) is 5.91. The van der Waals surface area contributed by atoms with Crippen molar-refractivity contribution >= 4 is 29.0 Å². The first kappa shape index (κ1) is 28.1. The Bertz CT molecular complexity index is 1390. The van der Waals surface area contributed by atoms with E-state index in [-0.39, 0.29) is 11.7 Å². The van der Waals surface area contributed by atoms with E-state index < -0.39 is 29.3 Å². The molecular formula is C27H36N6O6. The van der Waals surface area contributed by atoms with E-state index in [9.17, 15) is 19.8 Å². The lowest BCUT2D eigenvalue weighted by Crippen LogP contribution is -2.48. The van der Waals surface area contributed by atoms with Crippen molar-refractivity contribution in [3.05, 3.63) is 36.3 Å². The molecule has 0 spiro atoms. The van der Waals surface area contributed by atoms with Gasteiger partial charge >= 0.3 is 6.09 Å².